The quantitative estimate of drug-likeness (QED) is 0.353. The van der Waals surface area contributed by atoms with E-state index in [0.717, 1.165) is 11.0 Å². The van der Waals surface area contributed by atoms with Crippen LogP contribution in [0.1, 0.15) is 51.0 Å². The predicted molar refractivity (Wildman–Crippen MR) is 89.6 cm³/mol. The molecule has 1 nitrogen and oxygen atoms in total. The van der Waals surface area contributed by atoms with Crippen LogP contribution in [0.4, 0.5) is 0 Å². The first kappa shape index (κ1) is 20.2. The highest BCUT2D eigenvalue weighted by Crippen LogP contribution is 2.20. The fraction of sp³-hybridized carbons (Fsp3) is 0.579. The van der Waals surface area contributed by atoms with Crippen LogP contribution in [-0.4, -0.2) is 24.6 Å². The van der Waals surface area contributed by atoms with Gasteiger partial charge in [-0.25, -0.2) is 0 Å². The minimum Gasteiger partial charge on any atom is -1.00 e. The third kappa shape index (κ3) is 7.68. The molecule has 21 heavy (non-hydrogen) atoms. The Kier molecular flexibility index (Phi) is 10.5. The van der Waals surface area contributed by atoms with E-state index in [1.165, 1.54) is 44.1 Å². The number of quaternary nitrogens is 1. The number of benzene rings is 1. The summed E-state index contributed by atoms with van der Waals surface area (Å²) in [4.78, 5) is 0. The average molecular weight is 310 g/mol. The van der Waals surface area contributed by atoms with E-state index in [4.69, 9.17) is 0 Å². The van der Waals surface area contributed by atoms with Crippen LogP contribution in [0.25, 0.3) is 0 Å². The molecule has 0 heterocycles. The van der Waals surface area contributed by atoms with Gasteiger partial charge in [0.1, 0.15) is 12.6 Å². The second kappa shape index (κ2) is 10.9. The lowest BCUT2D eigenvalue weighted by atomic mass is 10.0. The van der Waals surface area contributed by atoms with Crippen LogP contribution < -0.4 is 12.4 Å². The van der Waals surface area contributed by atoms with Crippen molar-refractivity contribution in [3.63, 3.8) is 0 Å². The van der Waals surface area contributed by atoms with Crippen molar-refractivity contribution in [2.75, 3.05) is 14.1 Å². The Morgan fingerprint density at radius 2 is 1.67 bits per heavy atom. The number of hydrogen-bond donors (Lipinski definition) is 0. The van der Waals surface area contributed by atoms with Gasteiger partial charge in [0, 0.05) is 12.0 Å². The third-order valence-corrected chi connectivity index (χ3v) is 4.21. The van der Waals surface area contributed by atoms with Crippen molar-refractivity contribution in [3.05, 3.63) is 48.6 Å². The zero-order chi connectivity index (χ0) is 14.8. The summed E-state index contributed by atoms with van der Waals surface area (Å²) >= 11 is 0. The molecule has 120 valence electrons. The van der Waals surface area contributed by atoms with Gasteiger partial charge in [-0.15, -0.1) is 0 Å². The van der Waals surface area contributed by atoms with Gasteiger partial charge in [0.25, 0.3) is 0 Å². The highest BCUT2D eigenvalue weighted by atomic mass is 35.5. The maximum atomic E-state index is 4.07. The second-order valence-electron chi connectivity index (χ2n) is 6.43. The standard InChI is InChI=1S/C19H32N.ClH/c1-5-7-8-9-13-16-19(6-2)20(3,4)17-18-14-11-10-12-15-18;/h6,10-12,14-15,19H,2,5,7-9,13,16-17H2,1,3-4H3;1H/q+1;/p-1. The Balaban J connectivity index is 0.00000400. The fourth-order valence-electron chi connectivity index (χ4n) is 2.88. The summed E-state index contributed by atoms with van der Waals surface area (Å²) in [5.74, 6) is 0. The van der Waals surface area contributed by atoms with E-state index in [9.17, 15) is 0 Å². The molecule has 0 saturated heterocycles. The zero-order valence-corrected chi connectivity index (χ0v) is 14.8. The maximum Gasteiger partial charge on any atom is 0.107 e. The summed E-state index contributed by atoms with van der Waals surface area (Å²) in [6.07, 6.45) is 10.2. The topological polar surface area (TPSA) is 0 Å². The smallest absolute Gasteiger partial charge is 0.107 e. The van der Waals surface area contributed by atoms with Gasteiger partial charge in [-0.3, -0.25) is 0 Å². The molecule has 0 N–H and O–H groups in total. The van der Waals surface area contributed by atoms with E-state index in [2.05, 4.69) is 64.0 Å². The SMILES string of the molecule is C=CC(CCCCCCC)[N+](C)(C)Cc1ccccc1.[Cl-]. The molecule has 0 aliphatic heterocycles. The summed E-state index contributed by atoms with van der Waals surface area (Å²) in [5.41, 5.74) is 1.41. The van der Waals surface area contributed by atoms with E-state index >= 15 is 0 Å². The van der Waals surface area contributed by atoms with Crippen molar-refractivity contribution in [2.24, 2.45) is 0 Å². The van der Waals surface area contributed by atoms with Gasteiger partial charge in [-0.2, -0.15) is 0 Å². The van der Waals surface area contributed by atoms with Crippen molar-refractivity contribution in [2.45, 2.75) is 58.0 Å². The fourth-order valence-corrected chi connectivity index (χ4v) is 2.88. The summed E-state index contributed by atoms with van der Waals surface area (Å²) in [6, 6.07) is 11.3. The van der Waals surface area contributed by atoms with Gasteiger partial charge in [0.2, 0.25) is 0 Å². The van der Waals surface area contributed by atoms with E-state index in [1.807, 2.05) is 0 Å². The van der Waals surface area contributed by atoms with Crippen molar-refractivity contribution in [1.29, 1.82) is 0 Å². The van der Waals surface area contributed by atoms with Crippen molar-refractivity contribution < 1.29 is 16.9 Å². The Morgan fingerprint density at radius 1 is 1.05 bits per heavy atom. The molecule has 0 fully saturated rings. The monoisotopic (exact) mass is 309 g/mol. The Labute approximate surface area is 138 Å². The minimum atomic E-state index is 0. The number of hydrogen-bond acceptors (Lipinski definition) is 0. The third-order valence-electron chi connectivity index (χ3n) is 4.21. The molecular formula is C19H32ClN. The molecular weight excluding hydrogens is 278 g/mol. The molecule has 1 rings (SSSR count). The molecule has 0 aliphatic carbocycles. The van der Waals surface area contributed by atoms with Crippen molar-refractivity contribution >= 4 is 0 Å². The number of halogens is 1. The molecule has 0 aliphatic rings. The first-order valence-electron chi connectivity index (χ1n) is 8.09. The van der Waals surface area contributed by atoms with E-state index < -0.39 is 0 Å². The van der Waals surface area contributed by atoms with Gasteiger partial charge < -0.3 is 16.9 Å². The summed E-state index contributed by atoms with van der Waals surface area (Å²) in [7, 11) is 4.65. The number of nitrogens with zero attached hydrogens (tertiary/aromatic N) is 1. The van der Waals surface area contributed by atoms with Crippen LogP contribution in [-0.2, 0) is 6.54 Å². The van der Waals surface area contributed by atoms with Crippen molar-refractivity contribution in [1.82, 2.24) is 0 Å². The van der Waals surface area contributed by atoms with Gasteiger partial charge in [0.05, 0.1) is 14.1 Å². The molecule has 0 radical (unpaired) electrons. The Bertz CT molecular complexity index is 372. The second-order valence-corrected chi connectivity index (χ2v) is 6.43. The molecule has 0 amide bonds. The molecule has 1 aromatic carbocycles. The summed E-state index contributed by atoms with van der Waals surface area (Å²) < 4.78 is 1.00. The van der Waals surface area contributed by atoms with E-state index in [-0.39, 0.29) is 12.4 Å². The number of rotatable bonds is 10. The lowest BCUT2D eigenvalue weighted by Crippen LogP contribution is -3.00. The van der Waals surface area contributed by atoms with Gasteiger partial charge >= 0.3 is 0 Å². The number of unbranched alkanes of at least 4 members (excludes halogenated alkanes) is 4. The Morgan fingerprint density at radius 3 is 2.24 bits per heavy atom. The van der Waals surface area contributed by atoms with Crippen LogP contribution in [0.2, 0.25) is 0 Å². The first-order valence-corrected chi connectivity index (χ1v) is 8.09. The molecule has 0 saturated carbocycles. The maximum absolute atomic E-state index is 4.07. The number of likely N-dealkylation sites (N-methyl/N-ethyl adjacent to an activating group) is 1. The van der Waals surface area contributed by atoms with Gasteiger partial charge in [0.15, 0.2) is 0 Å². The lowest BCUT2D eigenvalue weighted by Gasteiger charge is -2.36. The molecule has 0 spiro atoms. The van der Waals surface area contributed by atoms with Gasteiger partial charge in [-0.1, -0.05) is 69.5 Å². The average Bonchev–Trinajstić information content (AvgIpc) is 2.43. The van der Waals surface area contributed by atoms with Crippen LogP contribution in [0.5, 0.6) is 0 Å². The highest BCUT2D eigenvalue weighted by Gasteiger charge is 2.25. The summed E-state index contributed by atoms with van der Waals surface area (Å²) in [6.45, 7) is 7.41. The normalized spacial score (nSPS) is 12.5. The van der Waals surface area contributed by atoms with E-state index in [1.54, 1.807) is 0 Å². The molecule has 0 bridgehead atoms. The lowest BCUT2D eigenvalue weighted by molar-refractivity contribution is -0.921. The predicted octanol–water partition coefficient (Wildman–Crippen LogP) is 2.18. The highest BCUT2D eigenvalue weighted by molar-refractivity contribution is 5.13. The largest absolute Gasteiger partial charge is 1.00 e. The molecule has 1 atom stereocenters. The molecule has 1 unspecified atom stereocenters. The first-order chi connectivity index (χ1) is 9.60. The minimum absolute atomic E-state index is 0. The van der Waals surface area contributed by atoms with Crippen LogP contribution in [0.15, 0.2) is 43.0 Å². The van der Waals surface area contributed by atoms with Gasteiger partial charge in [-0.05, 0) is 12.5 Å². The molecule has 1 aromatic rings. The van der Waals surface area contributed by atoms with Crippen LogP contribution in [0.3, 0.4) is 0 Å². The van der Waals surface area contributed by atoms with Crippen LogP contribution >= 0.6 is 0 Å². The molecule has 0 aromatic heterocycles. The van der Waals surface area contributed by atoms with Crippen LogP contribution in [0, 0.1) is 0 Å². The molecule has 2 heteroatoms. The Hall–Kier alpha value is -0.790. The zero-order valence-electron chi connectivity index (χ0n) is 14.0. The van der Waals surface area contributed by atoms with Crippen molar-refractivity contribution in [3.8, 4) is 0 Å². The van der Waals surface area contributed by atoms with E-state index in [0.29, 0.717) is 6.04 Å². The summed E-state index contributed by atoms with van der Waals surface area (Å²) in [5, 5.41) is 0.